The second-order valence-corrected chi connectivity index (χ2v) is 7.75. The van der Waals surface area contributed by atoms with Crippen LogP contribution in [0.2, 0.25) is 0 Å². The van der Waals surface area contributed by atoms with Gasteiger partial charge in [0.1, 0.15) is 0 Å². The van der Waals surface area contributed by atoms with Gasteiger partial charge in [0.25, 0.3) is 0 Å². The average Bonchev–Trinajstić information content (AvgIpc) is 3.29. The van der Waals surface area contributed by atoms with Crippen LogP contribution in [0.3, 0.4) is 0 Å². The van der Waals surface area contributed by atoms with E-state index in [4.69, 9.17) is 4.74 Å². The van der Waals surface area contributed by atoms with E-state index < -0.39 is 0 Å². The van der Waals surface area contributed by atoms with Crippen molar-refractivity contribution in [1.82, 2.24) is 10.2 Å². The summed E-state index contributed by atoms with van der Waals surface area (Å²) < 4.78 is 5.64. The maximum absolute atomic E-state index is 5.64. The Balaban J connectivity index is 1.60. The van der Waals surface area contributed by atoms with Crippen LogP contribution in [0.1, 0.15) is 52.4 Å². The van der Waals surface area contributed by atoms with Gasteiger partial charge in [-0.05, 0) is 49.9 Å². The van der Waals surface area contributed by atoms with E-state index in [1.807, 2.05) is 0 Å². The number of nitrogens with zero attached hydrogens (tertiary/aromatic N) is 1. The van der Waals surface area contributed by atoms with E-state index in [1.54, 1.807) is 0 Å². The van der Waals surface area contributed by atoms with Gasteiger partial charge in [-0.25, -0.2) is 0 Å². The van der Waals surface area contributed by atoms with E-state index in [0.29, 0.717) is 11.5 Å². The fourth-order valence-corrected chi connectivity index (χ4v) is 3.46. The molecule has 0 spiro atoms. The first kappa shape index (κ1) is 14.8. The van der Waals surface area contributed by atoms with Gasteiger partial charge in [-0.3, -0.25) is 4.90 Å². The zero-order valence-corrected chi connectivity index (χ0v) is 13.4. The zero-order valence-electron chi connectivity index (χ0n) is 13.4. The predicted molar refractivity (Wildman–Crippen MR) is 82.9 cm³/mol. The molecule has 0 unspecified atom stereocenters. The Bertz CT molecular complexity index is 304. The lowest BCUT2D eigenvalue weighted by Crippen LogP contribution is -2.49. The molecule has 0 bridgehead atoms. The van der Waals surface area contributed by atoms with Gasteiger partial charge < -0.3 is 10.1 Å². The molecule has 2 aliphatic carbocycles. The number of hydrogen-bond acceptors (Lipinski definition) is 3. The summed E-state index contributed by atoms with van der Waals surface area (Å²) >= 11 is 0. The van der Waals surface area contributed by atoms with Crippen LogP contribution >= 0.6 is 0 Å². The third-order valence-corrected chi connectivity index (χ3v) is 5.23. The summed E-state index contributed by atoms with van der Waals surface area (Å²) in [6, 6.07) is 1.50. The van der Waals surface area contributed by atoms with Crippen LogP contribution in [-0.4, -0.2) is 49.8 Å². The van der Waals surface area contributed by atoms with Crippen molar-refractivity contribution in [3.05, 3.63) is 0 Å². The van der Waals surface area contributed by atoms with Crippen LogP contribution in [-0.2, 0) is 4.74 Å². The molecule has 3 fully saturated rings. The van der Waals surface area contributed by atoms with Crippen molar-refractivity contribution in [2.75, 3.05) is 32.8 Å². The van der Waals surface area contributed by atoms with Gasteiger partial charge in [-0.2, -0.15) is 0 Å². The van der Waals surface area contributed by atoms with E-state index >= 15 is 0 Å². The minimum absolute atomic E-state index is 0.458. The first-order valence-electron chi connectivity index (χ1n) is 8.72. The Morgan fingerprint density at radius 2 is 1.85 bits per heavy atom. The second kappa shape index (κ2) is 6.33. The Morgan fingerprint density at radius 3 is 2.40 bits per heavy atom. The van der Waals surface area contributed by atoms with Gasteiger partial charge >= 0.3 is 0 Å². The maximum atomic E-state index is 5.64. The molecule has 0 aromatic rings. The molecule has 3 rings (SSSR count). The highest BCUT2D eigenvalue weighted by Gasteiger charge is 2.40. The number of ether oxygens (including phenoxy) is 1. The van der Waals surface area contributed by atoms with Crippen LogP contribution in [0.5, 0.6) is 0 Å². The Morgan fingerprint density at radius 1 is 1.15 bits per heavy atom. The highest BCUT2D eigenvalue weighted by atomic mass is 16.5. The molecular formula is C17H32N2O. The van der Waals surface area contributed by atoms with Crippen molar-refractivity contribution in [2.24, 2.45) is 11.3 Å². The molecule has 0 amide bonds. The van der Waals surface area contributed by atoms with Gasteiger partial charge in [0.2, 0.25) is 0 Å². The summed E-state index contributed by atoms with van der Waals surface area (Å²) in [6.07, 6.45) is 8.31. The molecule has 3 heteroatoms. The van der Waals surface area contributed by atoms with Gasteiger partial charge in [0, 0.05) is 44.9 Å². The second-order valence-electron chi connectivity index (χ2n) is 7.75. The Labute approximate surface area is 124 Å². The molecule has 116 valence electrons. The SMILES string of the molecule is CC(C)NCC1(CN(CC2CC2)C2CC2)CCOCC1. The summed E-state index contributed by atoms with van der Waals surface area (Å²) in [4.78, 5) is 2.84. The number of hydrogen-bond donors (Lipinski definition) is 1. The standard InChI is InChI=1S/C17H32N2O/c1-14(2)18-12-17(7-9-20-10-8-17)13-19(16-5-6-16)11-15-3-4-15/h14-16,18H,3-13H2,1-2H3. The normalized spacial score (nSPS) is 26.4. The fraction of sp³-hybridized carbons (Fsp3) is 1.00. The summed E-state index contributed by atoms with van der Waals surface area (Å²) in [7, 11) is 0. The molecule has 0 radical (unpaired) electrons. The predicted octanol–water partition coefficient (Wildman–Crippen LogP) is 2.66. The van der Waals surface area contributed by atoms with Gasteiger partial charge in [-0.1, -0.05) is 13.8 Å². The lowest BCUT2D eigenvalue weighted by Gasteiger charge is -2.42. The fourth-order valence-electron chi connectivity index (χ4n) is 3.46. The monoisotopic (exact) mass is 280 g/mol. The van der Waals surface area contributed by atoms with Crippen molar-refractivity contribution in [2.45, 2.75) is 64.5 Å². The van der Waals surface area contributed by atoms with Crippen molar-refractivity contribution >= 4 is 0 Å². The topological polar surface area (TPSA) is 24.5 Å². The third-order valence-electron chi connectivity index (χ3n) is 5.23. The lowest BCUT2D eigenvalue weighted by molar-refractivity contribution is -0.00743. The minimum atomic E-state index is 0.458. The third kappa shape index (κ3) is 4.19. The lowest BCUT2D eigenvalue weighted by atomic mass is 9.79. The minimum Gasteiger partial charge on any atom is -0.381 e. The molecule has 0 aromatic heterocycles. The summed E-state index contributed by atoms with van der Waals surface area (Å²) in [6.45, 7) is 10.3. The van der Waals surface area contributed by atoms with Crippen LogP contribution in [0.25, 0.3) is 0 Å². The summed E-state index contributed by atoms with van der Waals surface area (Å²) in [5, 5.41) is 3.71. The van der Waals surface area contributed by atoms with E-state index in [2.05, 4.69) is 24.1 Å². The quantitative estimate of drug-likeness (QED) is 0.740. The smallest absolute Gasteiger partial charge is 0.0472 e. The largest absolute Gasteiger partial charge is 0.381 e. The summed E-state index contributed by atoms with van der Waals surface area (Å²) in [5.41, 5.74) is 0.458. The molecule has 3 aliphatic rings. The number of rotatable bonds is 8. The van der Waals surface area contributed by atoms with Gasteiger partial charge in [-0.15, -0.1) is 0 Å². The maximum Gasteiger partial charge on any atom is 0.0472 e. The van der Waals surface area contributed by atoms with Crippen LogP contribution in [0.4, 0.5) is 0 Å². The van der Waals surface area contributed by atoms with E-state index in [-0.39, 0.29) is 0 Å². The van der Waals surface area contributed by atoms with Crippen molar-refractivity contribution in [3.63, 3.8) is 0 Å². The van der Waals surface area contributed by atoms with Crippen LogP contribution < -0.4 is 5.32 Å². The first-order chi connectivity index (χ1) is 9.67. The molecule has 0 aromatic carbocycles. The number of nitrogens with one attached hydrogen (secondary N) is 1. The average molecular weight is 280 g/mol. The van der Waals surface area contributed by atoms with Crippen LogP contribution in [0, 0.1) is 11.3 Å². The molecular weight excluding hydrogens is 248 g/mol. The molecule has 3 nitrogen and oxygen atoms in total. The van der Waals surface area contributed by atoms with Gasteiger partial charge in [0.05, 0.1) is 0 Å². The van der Waals surface area contributed by atoms with Crippen molar-refractivity contribution in [1.29, 1.82) is 0 Å². The Hall–Kier alpha value is -0.120. The highest BCUT2D eigenvalue weighted by Crippen LogP contribution is 2.39. The zero-order chi connectivity index (χ0) is 14.0. The van der Waals surface area contributed by atoms with Crippen molar-refractivity contribution in [3.8, 4) is 0 Å². The molecule has 1 aliphatic heterocycles. The van der Waals surface area contributed by atoms with Gasteiger partial charge in [0.15, 0.2) is 0 Å². The van der Waals surface area contributed by atoms with E-state index in [9.17, 15) is 0 Å². The molecule has 1 N–H and O–H groups in total. The molecule has 20 heavy (non-hydrogen) atoms. The molecule has 1 heterocycles. The molecule has 1 saturated heterocycles. The molecule has 2 saturated carbocycles. The molecule has 0 atom stereocenters. The Kier molecular flexibility index (Phi) is 4.68. The van der Waals surface area contributed by atoms with Crippen LogP contribution in [0.15, 0.2) is 0 Å². The highest BCUT2D eigenvalue weighted by molar-refractivity contribution is 4.94. The first-order valence-corrected chi connectivity index (χ1v) is 8.72. The van der Waals surface area contributed by atoms with Crippen molar-refractivity contribution < 1.29 is 4.74 Å². The van der Waals surface area contributed by atoms with E-state index in [1.165, 1.54) is 58.2 Å². The van der Waals surface area contributed by atoms with E-state index in [0.717, 1.165) is 25.2 Å². The summed E-state index contributed by atoms with van der Waals surface area (Å²) in [5.74, 6) is 1.02.